The van der Waals surface area contributed by atoms with Crippen LogP contribution < -0.4 is 5.73 Å². The van der Waals surface area contributed by atoms with Gasteiger partial charge in [-0.25, -0.2) is 4.39 Å². The molecular weight excluding hydrogens is 281 g/mol. The van der Waals surface area contributed by atoms with Gasteiger partial charge in [0.05, 0.1) is 0 Å². The molecule has 1 aromatic rings. The van der Waals surface area contributed by atoms with E-state index in [0.717, 1.165) is 29.3 Å². The number of benzene rings is 1. The van der Waals surface area contributed by atoms with Crippen molar-refractivity contribution in [3.05, 3.63) is 34.1 Å². The van der Waals surface area contributed by atoms with Crippen LogP contribution in [0.5, 0.6) is 0 Å². The maximum Gasteiger partial charge on any atom is 0.126 e. The minimum absolute atomic E-state index is 0.142. The van der Waals surface area contributed by atoms with E-state index >= 15 is 0 Å². The normalized spacial score (nSPS) is 29.3. The molecule has 0 amide bonds. The molecule has 1 aromatic carbocycles. The standard InChI is InChI=1S/C14H19BrFN/c1-10-3-2-6-14(17,8-10)9-11-7-12(15)4-5-13(11)16/h4-5,7,10H,2-3,6,8-9,17H2,1H3. The van der Waals surface area contributed by atoms with E-state index in [1.54, 1.807) is 6.07 Å². The molecule has 3 heteroatoms. The number of rotatable bonds is 2. The quantitative estimate of drug-likeness (QED) is 0.876. The molecule has 2 atom stereocenters. The molecule has 0 radical (unpaired) electrons. The molecule has 1 saturated carbocycles. The van der Waals surface area contributed by atoms with Gasteiger partial charge >= 0.3 is 0 Å². The first-order valence-corrected chi connectivity index (χ1v) is 7.01. The molecule has 0 bridgehead atoms. The van der Waals surface area contributed by atoms with Crippen molar-refractivity contribution in [3.63, 3.8) is 0 Å². The van der Waals surface area contributed by atoms with Crippen LogP contribution in [0.15, 0.2) is 22.7 Å². The highest BCUT2D eigenvalue weighted by Gasteiger charge is 2.31. The van der Waals surface area contributed by atoms with Gasteiger partial charge in [0.15, 0.2) is 0 Å². The van der Waals surface area contributed by atoms with Gasteiger partial charge in [-0.2, -0.15) is 0 Å². The number of halogens is 2. The molecule has 1 aliphatic rings. The molecular formula is C14H19BrFN. The zero-order valence-electron chi connectivity index (χ0n) is 10.2. The molecule has 0 saturated heterocycles. The molecule has 1 nitrogen and oxygen atoms in total. The minimum atomic E-state index is -0.223. The van der Waals surface area contributed by atoms with E-state index in [2.05, 4.69) is 22.9 Å². The summed E-state index contributed by atoms with van der Waals surface area (Å²) in [5.74, 6) is 0.514. The molecule has 2 rings (SSSR count). The predicted molar refractivity (Wildman–Crippen MR) is 72.4 cm³/mol. The summed E-state index contributed by atoms with van der Waals surface area (Å²) in [6.07, 6.45) is 5.05. The lowest BCUT2D eigenvalue weighted by Crippen LogP contribution is -2.46. The summed E-state index contributed by atoms with van der Waals surface area (Å²) in [5.41, 5.74) is 6.93. The zero-order valence-corrected chi connectivity index (χ0v) is 11.8. The van der Waals surface area contributed by atoms with E-state index in [1.165, 1.54) is 12.5 Å². The average Bonchev–Trinajstić information content (AvgIpc) is 2.22. The minimum Gasteiger partial charge on any atom is -0.325 e. The largest absolute Gasteiger partial charge is 0.325 e. The second-order valence-corrected chi connectivity index (χ2v) is 6.39. The SMILES string of the molecule is CC1CCCC(N)(Cc2cc(Br)ccc2F)C1. The van der Waals surface area contributed by atoms with Crippen molar-refractivity contribution in [2.75, 3.05) is 0 Å². The van der Waals surface area contributed by atoms with Gasteiger partial charge in [0.25, 0.3) is 0 Å². The number of nitrogens with two attached hydrogens (primary N) is 1. The molecule has 0 spiro atoms. The number of hydrogen-bond donors (Lipinski definition) is 1. The smallest absolute Gasteiger partial charge is 0.126 e. The Morgan fingerprint density at radius 3 is 3.00 bits per heavy atom. The molecule has 0 aromatic heterocycles. The van der Waals surface area contributed by atoms with Crippen LogP contribution in [0.3, 0.4) is 0 Å². The Bertz CT molecular complexity index is 407. The van der Waals surface area contributed by atoms with E-state index in [9.17, 15) is 4.39 Å². The van der Waals surface area contributed by atoms with Crippen LogP contribution in [-0.2, 0) is 6.42 Å². The van der Waals surface area contributed by atoms with Crippen LogP contribution in [-0.4, -0.2) is 5.54 Å². The summed E-state index contributed by atoms with van der Waals surface area (Å²) in [4.78, 5) is 0. The Hall–Kier alpha value is -0.410. The fraction of sp³-hybridized carbons (Fsp3) is 0.571. The number of hydrogen-bond acceptors (Lipinski definition) is 1. The van der Waals surface area contributed by atoms with Gasteiger partial charge < -0.3 is 5.73 Å². The Morgan fingerprint density at radius 1 is 1.53 bits per heavy atom. The van der Waals surface area contributed by atoms with E-state index in [4.69, 9.17) is 5.73 Å². The second-order valence-electron chi connectivity index (χ2n) is 5.48. The Labute approximate surface area is 111 Å². The van der Waals surface area contributed by atoms with Crippen molar-refractivity contribution in [1.82, 2.24) is 0 Å². The third-order valence-electron chi connectivity index (χ3n) is 3.68. The summed E-state index contributed by atoms with van der Waals surface area (Å²) >= 11 is 3.38. The molecule has 1 fully saturated rings. The summed E-state index contributed by atoms with van der Waals surface area (Å²) in [5, 5.41) is 0. The highest BCUT2D eigenvalue weighted by molar-refractivity contribution is 9.10. The van der Waals surface area contributed by atoms with Crippen LogP contribution in [0.2, 0.25) is 0 Å². The molecule has 0 heterocycles. The van der Waals surface area contributed by atoms with Crippen molar-refractivity contribution in [3.8, 4) is 0 Å². The average molecular weight is 300 g/mol. The Kier molecular flexibility index (Phi) is 3.88. The van der Waals surface area contributed by atoms with Crippen LogP contribution >= 0.6 is 15.9 Å². The molecule has 17 heavy (non-hydrogen) atoms. The van der Waals surface area contributed by atoms with Gasteiger partial charge in [-0.3, -0.25) is 0 Å². The summed E-state index contributed by atoms with van der Waals surface area (Å²) in [6.45, 7) is 2.23. The van der Waals surface area contributed by atoms with Crippen molar-refractivity contribution < 1.29 is 4.39 Å². The third kappa shape index (κ3) is 3.29. The maximum atomic E-state index is 13.7. The van der Waals surface area contributed by atoms with Gasteiger partial charge in [0.2, 0.25) is 0 Å². The third-order valence-corrected chi connectivity index (χ3v) is 4.17. The molecule has 0 aliphatic heterocycles. The van der Waals surface area contributed by atoms with E-state index in [-0.39, 0.29) is 11.4 Å². The van der Waals surface area contributed by atoms with Crippen molar-refractivity contribution in [2.24, 2.45) is 11.7 Å². The topological polar surface area (TPSA) is 26.0 Å². The van der Waals surface area contributed by atoms with E-state index in [0.29, 0.717) is 12.3 Å². The van der Waals surface area contributed by atoms with Gasteiger partial charge in [0.1, 0.15) is 5.82 Å². The van der Waals surface area contributed by atoms with Crippen molar-refractivity contribution in [2.45, 2.75) is 44.6 Å². The summed E-state index contributed by atoms with van der Waals surface area (Å²) < 4.78 is 14.6. The molecule has 1 aliphatic carbocycles. The Balaban J connectivity index is 2.16. The lowest BCUT2D eigenvalue weighted by molar-refractivity contribution is 0.233. The van der Waals surface area contributed by atoms with E-state index in [1.807, 2.05) is 6.07 Å². The Morgan fingerprint density at radius 2 is 2.29 bits per heavy atom. The fourth-order valence-corrected chi connectivity index (χ4v) is 3.33. The lowest BCUT2D eigenvalue weighted by atomic mass is 9.74. The zero-order chi connectivity index (χ0) is 12.5. The first-order chi connectivity index (χ1) is 7.98. The first kappa shape index (κ1) is 13.0. The second kappa shape index (κ2) is 5.07. The van der Waals surface area contributed by atoms with Crippen molar-refractivity contribution in [1.29, 1.82) is 0 Å². The van der Waals surface area contributed by atoms with E-state index < -0.39 is 0 Å². The highest BCUT2D eigenvalue weighted by atomic mass is 79.9. The molecule has 2 unspecified atom stereocenters. The highest BCUT2D eigenvalue weighted by Crippen LogP contribution is 2.33. The van der Waals surface area contributed by atoms with Crippen LogP contribution in [0, 0.1) is 11.7 Å². The van der Waals surface area contributed by atoms with Crippen molar-refractivity contribution >= 4 is 15.9 Å². The van der Waals surface area contributed by atoms with Crippen LogP contribution in [0.4, 0.5) is 4.39 Å². The maximum absolute atomic E-state index is 13.7. The van der Waals surface area contributed by atoms with Crippen LogP contribution in [0.25, 0.3) is 0 Å². The lowest BCUT2D eigenvalue weighted by Gasteiger charge is -2.37. The van der Waals surface area contributed by atoms with Gasteiger partial charge in [-0.05, 0) is 48.9 Å². The summed E-state index contributed by atoms with van der Waals surface area (Å²) in [6, 6.07) is 5.09. The monoisotopic (exact) mass is 299 g/mol. The first-order valence-electron chi connectivity index (χ1n) is 6.21. The van der Waals surface area contributed by atoms with Gasteiger partial charge in [-0.15, -0.1) is 0 Å². The van der Waals surface area contributed by atoms with Gasteiger partial charge in [-0.1, -0.05) is 35.7 Å². The predicted octanol–water partition coefficient (Wildman–Crippen LogP) is 4.04. The van der Waals surface area contributed by atoms with Gasteiger partial charge in [0, 0.05) is 10.0 Å². The molecule has 2 N–H and O–H groups in total. The van der Waals surface area contributed by atoms with Crippen LogP contribution in [0.1, 0.15) is 38.2 Å². The fourth-order valence-electron chi connectivity index (χ4n) is 2.92. The summed E-state index contributed by atoms with van der Waals surface area (Å²) in [7, 11) is 0. The molecule has 94 valence electrons.